The minimum absolute atomic E-state index is 0.0161. The van der Waals surface area contributed by atoms with Crippen molar-refractivity contribution in [3.63, 3.8) is 0 Å². The Morgan fingerprint density at radius 3 is 2.40 bits per heavy atom. The van der Waals surface area contributed by atoms with Gasteiger partial charge in [-0.3, -0.25) is 9.59 Å². The van der Waals surface area contributed by atoms with Gasteiger partial charge in [-0.15, -0.1) is 0 Å². The summed E-state index contributed by atoms with van der Waals surface area (Å²) in [6, 6.07) is 5.22. The number of ether oxygens (including phenoxy) is 1. The van der Waals surface area contributed by atoms with Crippen LogP contribution in [0.25, 0.3) is 0 Å². The van der Waals surface area contributed by atoms with Gasteiger partial charge in [0.25, 0.3) is 5.91 Å². The summed E-state index contributed by atoms with van der Waals surface area (Å²) in [5.41, 5.74) is 1.49. The van der Waals surface area contributed by atoms with Gasteiger partial charge < -0.3 is 10.1 Å². The molecule has 20 heavy (non-hydrogen) atoms. The lowest BCUT2D eigenvalue weighted by atomic mass is 10.1. The summed E-state index contributed by atoms with van der Waals surface area (Å²) >= 11 is 0. The zero-order chi connectivity index (χ0) is 15.3. The second kappa shape index (κ2) is 7.08. The van der Waals surface area contributed by atoms with E-state index in [2.05, 4.69) is 5.32 Å². The Morgan fingerprint density at radius 2 is 1.90 bits per heavy atom. The smallest absolute Gasteiger partial charge is 0.260 e. The first-order valence-corrected chi connectivity index (χ1v) is 6.87. The molecule has 0 fully saturated rings. The quantitative estimate of drug-likeness (QED) is 0.813. The molecule has 0 saturated carbocycles. The first kappa shape index (κ1) is 16.2. The Kier molecular flexibility index (Phi) is 5.74. The second-order valence-corrected chi connectivity index (χ2v) is 5.44. The predicted octanol–water partition coefficient (Wildman–Crippen LogP) is 2.74. The van der Waals surface area contributed by atoms with Gasteiger partial charge in [-0.1, -0.05) is 13.8 Å². The highest BCUT2D eigenvalue weighted by molar-refractivity contribution is 5.94. The molecule has 0 saturated heterocycles. The minimum Gasteiger partial charge on any atom is -0.481 e. The largest absolute Gasteiger partial charge is 0.481 e. The van der Waals surface area contributed by atoms with Crippen molar-refractivity contribution in [3.05, 3.63) is 29.3 Å². The molecule has 0 aliphatic carbocycles. The number of benzene rings is 1. The first-order valence-electron chi connectivity index (χ1n) is 6.87. The molecule has 0 heterocycles. The van der Waals surface area contributed by atoms with E-state index in [-0.39, 0.29) is 11.7 Å². The zero-order valence-electron chi connectivity index (χ0n) is 12.8. The van der Waals surface area contributed by atoms with Crippen LogP contribution >= 0.6 is 0 Å². The molecule has 1 aromatic carbocycles. The van der Waals surface area contributed by atoms with Gasteiger partial charge in [0, 0.05) is 12.1 Å². The Bertz CT molecular complexity index is 494. The number of hydrogen-bond acceptors (Lipinski definition) is 3. The van der Waals surface area contributed by atoms with Gasteiger partial charge in [-0.05, 0) is 50.5 Å². The maximum atomic E-state index is 11.8. The normalized spacial score (nSPS) is 12.1. The number of rotatable bonds is 6. The van der Waals surface area contributed by atoms with E-state index in [0.29, 0.717) is 23.8 Å². The van der Waals surface area contributed by atoms with Crippen LogP contribution in [0.15, 0.2) is 18.2 Å². The summed E-state index contributed by atoms with van der Waals surface area (Å²) in [5.74, 6) is 0.918. The van der Waals surface area contributed by atoms with E-state index in [0.717, 1.165) is 5.56 Å². The number of carbonyl (C=O) groups is 2. The van der Waals surface area contributed by atoms with Gasteiger partial charge in [-0.25, -0.2) is 0 Å². The summed E-state index contributed by atoms with van der Waals surface area (Å²) < 4.78 is 5.65. The molecule has 1 amide bonds. The average molecular weight is 277 g/mol. The van der Waals surface area contributed by atoms with Crippen molar-refractivity contribution in [1.82, 2.24) is 5.32 Å². The summed E-state index contributed by atoms with van der Waals surface area (Å²) in [5, 5.41) is 2.83. The number of aryl methyl sites for hydroxylation is 1. The van der Waals surface area contributed by atoms with E-state index in [1.807, 2.05) is 20.8 Å². The molecule has 4 nitrogen and oxygen atoms in total. The summed E-state index contributed by atoms with van der Waals surface area (Å²) in [6.07, 6.45) is -0.560. The number of ketones is 1. The Morgan fingerprint density at radius 1 is 1.25 bits per heavy atom. The zero-order valence-corrected chi connectivity index (χ0v) is 12.8. The maximum Gasteiger partial charge on any atom is 0.260 e. The molecule has 0 aliphatic heterocycles. The number of nitrogens with one attached hydrogen (secondary N) is 1. The molecule has 1 rings (SSSR count). The fraction of sp³-hybridized carbons (Fsp3) is 0.500. The van der Waals surface area contributed by atoms with Gasteiger partial charge in [0.05, 0.1) is 0 Å². The van der Waals surface area contributed by atoms with Crippen LogP contribution in [0.4, 0.5) is 0 Å². The molecule has 1 aromatic rings. The van der Waals surface area contributed by atoms with Crippen LogP contribution in [0.1, 0.15) is 43.6 Å². The van der Waals surface area contributed by atoms with E-state index in [1.165, 1.54) is 6.92 Å². The first-order chi connectivity index (χ1) is 9.31. The molecule has 0 aliphatic rings. The van der Waals surface area contributed by atoms with E-state index in [9.17, 15) is 9.59 Å². The SMILES string of the molecule is CC(=O)c1ccc(OC(C)C(=O)NCC(C)C)c(C)c1. The van der Waals surface area contributed by atoms with Crippen LogP contribution in [0.3, 0.4) is 0 Å². The Labute approximate surface area is 120 Å². The van der Waals surface area contributed by atoms with Crippen molar-refractivity contribution in [2.45, 2.75) is 40.7 Å². The Hall–Kier alpha value is -1.84. The average Bonchev–Trinajstić information content (AvgIpc) is 2.37. The topological polar surface area (TPSA) is 55.4 Å². The maximum absolute atomic E-state index is 11.8. The number of Topliss-reactive ketones (excluding diaryl/α,β-unsaturated/α-hetero) is 1. The van der Waals surface area contributed by atoms with Crippen molar-refractivity contribution in [3.8, 4) is 5.75 Å². The van der Waals surface area contributed by atoms with Crippen LogP contribution in [0.2, 0.25) is 0 Å². The highest BCUT2D eigenvalue weighted by atomic mass is 16.5. The van der Waals surface area contributed by atoms with Crippen LogP contribution < -0.4 is 10.1 Å². The van der Waals surface area contributed by atoms with E-state index in [4.69, 9.17) is 4.74 Å². The monoisotopic (exact) mass is 277 g/mol. The predicted molar refractivity (Wildman–Crippen MR) is 79.1 cm³/mol. The summed E-state index contributed by atoms with van der Waals surface area (Å²) in [4.78, 5) is 23.1. The standard InChI is InChI=1S/C16H23NO3/c1-10(2)9-17-16(19)13(5)20-15-7-6-14(12(4)18)8-11(15)3/h6-8,10,13H,9H2,1-5H3,(H,17,19). The number of carbonyl (C=O) groups excluding carboxylic acids is 2. The second-order valence-electron chi connectivity index (χ2n) is 5.44. The van der Waals surface area contributed by atoms with Crippen LogP contribution in [-0.2, 0) is 4.79 Å². The highest BCUT2D eigenvalue weighted by Crippen LogP contribution is 2.20. The third kappa shape index (κ3) is 4.68. The van der Waals surface area contributed by atoms with Crippen molar-refractivity contribution in [2.24, 2.45) is 5.92 Å². The van der Waals surface area contributed by atoms with Gasteiger partial charge in [0.1, 0.15) is 5.75 Å². The molecule has 4 heteroatoms. The lowest BCUT2D eigenvalue weighted by Gasteiger charge is -2.17. The summed E-state index contributed by atoms with van der Waals surface area (Å²) in [6.45, 7) is 9.81. The van der Waals surface area contributed by atoms with E-state index >= 15 is 0 Å². The molecule has 0 bridgehead atoms. The van der Waals surface area contributed by atoms with Gasteiger partial charge in [-0.2, -0.15) is 0 Å². The molecule has 110 valence electrons. The summed E-state index contributed by atoms with van der Waals surface area (Å²) in [7, 11) is 0. The molecule has 1 atom stereocenters. The van der Waals surface area contributed by atoms with Crippen molar-refractivity contribution in [2.75, 3.05) is 6.54 Å². The van der Waals surface area contributed by atoms with Gasteiger partial charge in [0.2, 0.25) is 0 Å². The van der Waals surface area contributed by atoms with Crippen molar-refractivity contribution in [1.29, 1.82) is 0 Å². The third-order valence-corrected chi connectivity index (χ3v) is 2.94. The molecule has 1 N–H and O–H groups in total. The molecule has 0 radical (unpaired) electrons. The van der Waals surface area contributed by atoms with Gasteiger partial charge >= 0.3 is 0 Å². The van der Waals surface area contributed by atoms with E-state index < -0.39 is 6.10 Å². The van der Waals surface area contributed by atoms with Gasteiger partial charge in [0.15, 0.2) is 11.9 Å². The van der Waals surface area contributed by atoms with Crippen molar-refractivity contribution < 1.29 is 14.3 Å². The lowest BCUT2D eigenvalue weighted by Crippen LogP contribution is -2.38. The lowest BCUT2D eigenvalue weighted by molar-refractivity contribution is -0.127. The number of amides is 1. The third-order valence-electron chi connectivity index (χ3n) is 2.94. The highest BCUT2D eigenvalue weighted by Gasteiger charge is 2.16. The fourth-order valence-corrected chi connectivity index (χ4v) is 1.69. The van der Waals surface area contributed by atoms with Crippen LogP contribution in [0.5, 0.6) is 5.75 Å². The molecular weight excluding hydrogens is 254 g/mol. The molecule has 0 aromatic heterocycles. The molecule has 0 spiro atoms. The number of hydrogen-bond donors (Lipinski definition) is 1. The molecule has 1 unspecified atom stereocenters. The van der Waals surface area contributed by atoms with E-state index in [1.54, 1.807) is 25.1 Å². The minimum atomic E-state index is -0.560. The van der Waals surface area contributed by atoms with Crippen molar-refractivity contribution >= 4 is 11.7 Å². The molecular formula is C16H23NO3. The fourth-order valence-electron chi connectivity index (χ4n) is 1.69. The van der Waals surface area contributed by atoms with Crippen LogP contribution in [0, 0.1) is 12.8 Å². The van der Waals surface area contributed by atoms with Crippen LogP contribution in [-0.4, -0.2) is 24.3 Å². The Balaban J connectivity index is 2.68.